The number of rotatable bonds is 3. The van der Waals surface area contributed by atoms with E-state index in [4.69, 9.17) is 4.74 Å². The molecule has 0 spiro atoms. The van der Waals surface area contributed by atoms with Crippen LogP contribution in [-0.2, 0) is 4.99 Å². The Morgan fingerprint density at radius 3 is 2.53 bits per heavy atom. The van der Waals surface area contributed by atoms with Gasteiger partial charge in [0.05, 0.1) is 7.11 Å². The summed E-state index contributed by atoms with van der Waals surface area (Å²) in [5, 5.41) is 15.1. The molecule has 1 aromatic carbocycles. The molecule has 0 aliphatic carbocycles. The normalized spacial score (nSPS) is 16.9. The van der Waals surface area contributed by atoms with Crippen molar-refractivity contribution in [1.82, 2.24) is 0 Å². The molecule has 0 saturated heterocycles. The molecule has 0 fully saturated rings. The third kappa shape index (κ3) is 1.72. The predicted octanol–water partition coefficient (Wildman–Crippen LogP) is 2.80. The van der Waals surface area contributed by atoms with Gasteiger partial charge in [-0.15, -0.1) is 22.0 Å². The fraction of sp³-hybridized carbons (Fsp3) is 0.333. The van der Waals surface area contributed by atoms with E-state index in [1.54, 1.807) is 13.2 Å². The van der Waals surface area contributed by atoms with Gasteiger partial charge in [0, 0.05) is 11.6 Å². The molecule has 1 aliphatic rings. The van der Waals surface area contributed by atoms with E-state index < -0.39 is 4.99 Å². The average Bonchev–Trinajstić information content (AvgIpc) is 2.79. The fourth-order valence-corrected chi connectivity index (χ4v) is 1.84. The first-order valence-corrected chi connectivity index (χ1v) is 5.48. The minimum atomic E-state index is -0.733. The van der Waals surface area contributed by atoms with Crippen LogP contribution in [0.25, 0.3) is 0 Å². The van der Waals surface area contributed by atoms with Gasteiger partial charge in [-0.25, -0.2) is 0 Å². The second kappa shape index (κ2) is 3.98. The van der Waals surface area contributed by atoms with Crippen molar-refractivity contribution in [3.05, 3.63) is 29.8 Å². The van der Waals surface area contributed by atoms with Crippen LogP contribution in [0.2, 0.25) is 0 Å². The SMILES string of the molecule is COc1[c]cc(C2(SC)N=NN=N2)cc1. The van der Waals surface area contributed by atoms with Crippen LogP contribution in [0.5, 0.6) is 5.75 Å². The standard InChI is InChI=1S/C9H9N4OS/c1-14-8-5-3-7(4-6-8)9(15-2)10-12-13-11-9/h3-5H,1-2H3. The van der Waals surface area contributed by atoms with Gasteiger partial charge in [-0.1, -0.05) is 0 Å². The summed E-state index contributed by atoms with van der Waals surface area (Å²) in [6.45, 7) is 0. The zero-order valence-electron chi connectivity index (χ0n) is 8.34. The minimum absolute atomic E-state index is 0.682. The molecule has 0 saturated carbocycles. The third-order valence-corrected chi connectivity index (χ3v) is 3.03. The first-order valence-electron chi connectivity index (χ1n) is 4.26. The molecule has 15 heavy (non-hydrogen) atoms. The van der Waals surface area contributed by atoms with E-state index in [0.717, 1.165) is 5.56 Å². The molecule has 2 rings (SSSR count). The summed E-state index contributed by atoms with van der Waals surface area (Å²) in [7, 11) is 1.60. The maximum atomic E-state index is 5.03. The van der Waals surface area contributed by atoms with Crippen LogP contribution in [0, 0.1) is 6.07 Å². The Bertz CT molecular complexity index is 389. The highest BCUT2D eigenvalue weighted by molar-refractivity contribution is 7.99. The van der Waals surface area contributed by atoms with Crippen LogP contribution in [0.4, 0.5) is 0 Å². The Balaban J connectivity index is 2.36. The summed E-state index contributed by atoms with van der Waals surface area (Å²) in [4.78, 5) is -0.733. The van der Waals surface area contributed by atoms with Crippen molar-refractivity contribution in [2.45, 2.75) is 4.99 Å². The van der Waals surface area contributed by atoms with E-state index >= 15 is 0 Å². The van der Waals surface area contributed by atoms with Crippen molar-refractivity contribution in [2.75, 3.05) is 13.4 Å². The van der Waals surface area contributed by atoms with Gasteiger partial charge in [0.25, 0.3) is 4.99 Å². The Labute approximate surface area is 91.6 Å². The first-order chi connectivity index (χ1) is 7.30. The van der Waals surface area contributed by atoms with Gasteiger partial charge in [0.15, 0.2) is 0 Å². The lowest BCUT2D eigenvalue weighted by Crippen LogP contribution is -2.12. The van der Waals surface area contributed by atoms with Gasteiger partial charge in [0.1, 0.15) is 5.75 Å². The molecule has 0 aromatic heterocycles. The van der Waals surface area contributed by atoms with Gasteiger partial charge in [-0.2, -0.15) is 0 Å². The quantitative estimate of drug-likeness (QED) is 0.787. The Hall–Kier alpha value is -1.43. The zero-order valence-corrected chi connectivity index (χ0v) is 9.15. The third-order valence-electron chi connectivity index (χ3n) is 2.07. The second-order valence-electron chi connectivity index (χ2n) is 2.84. The van der Waals surface area contributed by atoms with Gasteiger partial charge in [-0.3, -0.25) is 0 Å². The number of nitrogens with zero attached hydrogens (tertiary/aromatic N) is 4. The summed E-state index contributed by atoms with van der Waals surface area (Å²) in [6, 6.07) is 8.47. The van der Waals surface area contributed by atoms with Crippen LogP contribution < -0.4 is 4.74 Å². The number of benzene rings is 1. The predicted molar refractivity (Wildman–Crippen MR) is 56.7 cm³/mol. The molecular formula is C9H9N4OS. The van der Waals surface area contributed by atoms with Crippen LogP contribution in [0.3, 0.4) is 0 Å². The molecule has 1 heterocycles. The van der Waals surface area contributed by atoms with Gasteiger partial charge < -0.3 is 4.74 Å². The second-order valence-corrected chi connectivity index (χ2v) is 3.81. The highest BCUT2D eigenvalue weighted by atomic mass is 32.2. The molecule has 1 aromatic rings. The summed E-state index contributed by atoms with van der Waals surface area (Å²) in [5.74, 6) is 0.682. The maximum absolute atomic E-state index is 5.03. The van der Waals surface area contributed by atoms with Crippen LogP contribution in [-0.4, -0.2) is 13.4 Å². The highest BCUT2D eigenvalue weighted by Crippen LogP contribution is 2.41. The van der Waals surface area contributed by atoms with E-state index in [2.05, 4.69) is 26.7 Å². The molecule has 5 nitrogen and oxygen atoms in total. The van der Waals surface area contributed by atoms with Crippen LogP contribution in [0.15, 0.2) is 38.9 Å². The molecule has 0 bridgehead atoms. The monoisotopic (exact) mass is 221 g/mol. The molecule has 0 amide bonds. The van der Waals surface area contributed by atoms with E-state index in [9.17, 15) is 0 Å². The molecule has 1 aliphatic heterocycles. The average molecular weight is 221 g/mol. The van der Waals surface area contributed by atoms with Crippen molar-refractivity contribution < 1.29 is 4.74 Å². The lowest BCUT2D eigenvalue weighted by atomic mass is 10.2. The molecule has 1 radical (unpaired) electrons. The lowest BCUT2D eigenvalue weighted by Gasteiger charge is -2.16. The van der Waals surface area contributed by atoms with Gasteiger partial charge in [-0.05, 0) is 34.9 Å². The largest absolute Gasteiger partial charge is 0.496 e. The Kier molecular flexibility index (Phi) is 2.68. The lowest BCUT2D eigenvalue weighted by molar-refractivity contribution is 0.413. The van der Waals surface area contributed by atoms with E-state index in [-0.39, 0.29) is 0 Å². The number of hydrogen-bond donors (Lipinski definition) is 0. The van der Waals surface area contributed by atoms with Crippen LogP contribution >= 0.6 is 11.8 Å². The molecule has 0 N–H and O–H groups in total. The number of ether oxygens (including phenoxy) is 1. The van der Waals surface area contributed by atoms with Crippen molar-refractivity contribution in [1.29, 1.82) is 0 Å². The van der Waals surface area contributed by atoms with Crippen LogP contribution in [0.1, 0.15) is 5.56 Å². The molecule has 0 atom stereocenters. The fourth-order valence-electron chi connectivity index (χ4n) is 1.24. The van der Waals surface area contributed by atoms with Gasteiger partial charge in [0.2, 0.25) is 0 Å². The topological polar surface area (TPSA) is 58.7 Å². The molecule has 0 unspecified atom stereocenters. The van der Waals surface area contributed by atoms with Gasteiger partial charge >= 0.3 is 0 Å². The van der Waals surface area contributed by atoms with E-state index in [1.165, 1.54) is 11.8 Å². The summed E-state index contributed by atoms with van der Waals surface area (Å²) in [5.41, 5.74) is 0.890. The Morgan fingerprint density at radius 2 is 2.07 bits per heavy atom. The smallest absolute Gasteiger partial charge is 0.265 e. The number of methoxy groups -OCH3 is 1. The van der Waals surface area contributed by atoms with Crippen molar-refractivity contribution in [2.24, 2.45) is 20.7 Å². The zero-order chi connectivity index (χ0) is 10.7. The van der Waals surface area contributed by atoms with Crippen molar-refractivity contribution >= 4 is 11.8 Å². The molecule has 77 valence electrons. The highest BCUT2D eigenvalue weighted by Gasteiger charge is 2.34. The molecular weight excluding hydrogens is 212 g/mol. The molecule has 6 heteroatoms. The van der Waals surface area contributed by atoms with Crippen molar-refractivity contribution in [3.63, 3.8) is 0 Å². The minimum Gasteiger partial charge on any atom is -0.496 e. The number of thioether (sulfide) groups is 1. The Morgan fingerprint density at radius 1 is 1.33 bits per heavy atom. The first kappa shape index (κ1) is 10.1. The van der Waals surface area contributed by atoms with E-state index in [0.29, 0.717) is 5.75 Å². The summed E-state index contributed by atoms with van der Waals surface area (Å²) >= 11 is 1.46. The maximum Gasteiger partial charge on any atom is 0.265 e. The summed E-state index contributed by atoms with van der Waals surface area (Å²) < 4.78 is 5.03. The number of hydrogen-bond acceptors (Lipinski definition) is 6. The van der Waals surface area contributed by atoms with E-state index in [1.807, 2.05) is 18.4 Å². The van der Waals surface area contributed by atoms with Crippen molar-refractivity contribution in [3.8, 4) is 5.75 Å². The summed E-state index contributed by atoms with van der Waals surface area (Å²) in [6.07, 6.45) is 1.91.